The highest BCUT2D eigenvalue weighted by molar-refractivity contribution is 9.10. The molecular weight excluding hydrogens is 382 g/mol. The summed E-state index contributed by atoms with van der Waals surface area (Å²) >= 11 is 9.12. The molecular formula is C12H15BrClN3O3S. The minimum absolute atomic E-state index is 0.00753. The molecule has 0 spiro atoms. The number of amidine groups is 1. The molecule has 1 aromatic carbocycles. The Hall–Kier alpha value is -0.830. The van der Waals surface area contributed by atoms with E-state index in [4.69, 9.17) is 22.5 Å². The summed E-state index contributed by atoms with van der Waals surface area (Å²) in [5.74, 6) is 0.00753. The molecule has 0 amide bonds. The molecule has 0 saturated heterocycles. The van der Waals surface area contributed by atoms with E-state index in [1.54, 1.807) is 0 Å². The van der Waals surface area contributed by atoms with Gasteiger partial charge in [-0.15, -0.1) is 0 Å². The van der Waals surface area contributed by atoms with Crippen LogP contribution in [0.4, 0.5) is 0 Å². The van der Waals surface area contributed by atoms with Crippen molar-refractivity contribution in [1.82, 2.24) is 4.31 Å². The van der Waals surface area contributed by atoms with Crippen LogP contribution in [0, 0.1) is 0 Å². The number of sulfonamides is 1. The van der Waals surface area contributed by atoms with Crippen molar-refractivity contribution in [2.75, 3.05) is 6.54 Å². The lowest BCUT2D eigenvalue weighted by molar-refractivity contribution is 0.315. The summed E-state index contributed by atoms with van der Waals surface area (Å²) in [6.45, 7) is 0.184. The summed E-state index contributed by atoms with van der Waals surface area (Å²) in [6.07, 6.45) is 1.83. The molecule has 0 atom stereocenters. The molecule has 21 heavy (non-hydrogen) atoms. The van der Waals surface area contributed by atoms with Gasteiger partial charge in [-0.1, -0.05) is 16.8 Å². The van der Waals surface area contributed by atoms with Crippen LogP contribution in [-0.4, -0.2) is 36.4 Å². The van der Waals surface area contributed by atoms with Crippen LogP contribution in [-0.2, 0) is 10.0 Å². The minimum Gasteiger partial charge on any atom is -0.409 e. The van der Waals surface area contributed by atoms with E-state index in [0.717, 1.165) is 12.8 Å². The van der Waals surface area contributed by atoms with Crippen molar-refractivity contribution < 1.29 is 13.6 Å². The van der Waals surface area contributed by atoms with Crippen molar-refractivity contribution >= 4 is 43.4 Å². The molecule has 2 rings (SSSR count). The van der Waals surface area contributed by atoms with Crippen molar-refractivity contribution in [3.63, 3.8) is 0 Å². The predicted octanol–water partition coefficient (Wildman–Crippen LogP) is 2.39. The van der Waals surface area contributed by atoms with Crippen LogP contribution in [0.3, 0.4) is 0 Å². The zero-order chi connectivity index (χ0) is 15.6. The Bertz CT molecular complexity index is 662. The van der Waals surface area contributed by atoms with Crippen LogP contribution in [0.1, 0.15) is 19.3 Å². The summed E-state index contributed by atoms with van der Waals surface area (Å²) < 4.78 is 27.3. The summed E-state index contributed by atoms with van der Waals surface area (Å²) in [4.78, 5) is 0.171. The van der Waals surface area contributed by atoms with Gasteiger partial charge in [0.25, 0.3) is 0 Å². The van der Waals surface area contributed by atoms with Crippen molar-refractivity contribution in [3.8, 4) is 0 Å². The number of nitrogens with zero attached hydrogens (tertiary/aromatic N) is 2. The van der Waals surface area contributed by atoms with Crippen LogP contribution in [0.2, 0.25) is 5.02 Å². The fraction of sp³-hybridized carbons (Fsp3) is 0.417. The third kappa shape index (κ3) is 3.88. The van der Waals surface area contributed by atoms with E-state index in [-0.39, 0.29) is 29.7 Å². The van der Waals surface area contributed by atoms with Gasteiger partial charge in [-0.25, -0.2) is 8.42 Å². The van der Waals surface area contributed by atoms with Gasteiger partial charge >= 0.3 is 0 Å². The maximum absolute atomic E-state index is 12.7. The zero-order valence-electron chi connectivity index (χ0n) is 11.0. The number of hydrogen-bond donors (Lipinski definition) is 2. The van der Waals surface area contributed by atoms with Gasteiger partial charge in [0.15, 0.2) is 0 Å². The van der Waals surface area contributed by atoms with Crippen LogP contribution < -0.4 is 5.73 Å². The van der Waals surface area contributed by atoms with E-state index < -0.39 is 10.0 Å². The number of oxime groups is 1. The van der Waals surface area contributed by atoms with Crippen LogP contribution in [0.5, 0.6) is 0 Å². The van der Waals surface area contributed by atoms with E-state index in [2.05, 4.69) is 21.1 Å². The first kappa shape index (κ1) is 16.5. The second-order valence-corrected chi connectivity index (χ2v) is 7.92. The van der Waals surface area contributed by atoms with Gasteiger partial charge in [0.1, 0.15) is 5.84 Å². The number of halogens is 2. The summed E-state index contributed by atoms with van der Waals surface area (Å²) in [7, 11) is -3.63. The molecule has 0 aliphatic heterocycles. The summed E-state index contributed by atoms with van der Waals surface area (Å²) in [6, 6.07) is 4.47. The number of rotatable bonds is 6. The molecule has 116 valence electrons. The summed E-state index contributed by atoms with van der Waals surface area (Å²) in [5.41, 5.74) is 5.42. The van der Waals surface area contributed by atoms with E-state index >= 15 is 0 Å². The zero-order valence-corrected chi connectivity index (χ0v) is 14.2. The highest BCUT2D eigenvalue weighted by Crippen LogP contribution is 2.34. The first-order valence-electron chi connectivity index (χ1n) is 6.29. The van der Waals surface area contributed by atoms with Crippen molar-refractivity contribution in [2.45, 2.75) is 30.2 Å². The highest BCUT2D eigenvalue weighted by Gasteiger charge is 2.38. The molecule has 6 nitrogen and oxygen atoms in total. The van der Waals surface area contributed by atoms with Gasteiger partial charge in [-0.2, -0.15) is 4.31 Å². The Labute approximate surface area is 136 Å². The molecule has 0 bridgehead atoms. The molecule has 0 unspecified atom stereocenters. The fourth-order valence-corrected chi connectivity index (χ4v) is 4.27. The van der Waals surface area contributed by atoms with Crippen molar-refractivity contribution in [3.05, 3.63) is 27.7 Å². The monoisotopic (exact) mass is 395 g/mol. The molecule has 0 aromatic heterocycles. The van der Waals surface area contributed by atoms with E-state index in [1.807, 2.05) is 0 Å². The average Bonchev–Trinajstić information content (AvgIpc) is 3.26. The Balaban J connectivity index is 2.27. The Morgan fingerprint density at radius 1 is 1.52 bits per heavy atom. The standard InChI is InChI=1S/C12H15BrClN3O3S/c13-10-7-9(3-4-11(10)14)21(19,20)17(8-1-2-8)6-5-12(15)16-18/h3-4,7-8,18H,1-2,5-6H2,(H2,15,16). The number of nitrogens with two attached hydrogens (primary N) is 1. The maximum Gasteiger partial charge on any atom is 0.243 e. The number of benzene rings is 1. The molecule has 1 saturated carbocycles. The molecule has 1 aliphatic rings. The van der Waals surface area contributed by atoms with Gasteiger partial charge in [-0.3, -0.25) is 0 Å². The topological polar surface area (TPSA) is 96.0 Å². The highest BCUT2D eigenvalue weighted by atomic mass is 79.9. The first-order chi connectivity index (χ1) is 9.86. The second kappa shape index (κ2) is 6.51. The lowest BCUT2D eigenvalue weighted by atomic mass is 10.4. The van der Waals surface area contributed by atoms with Gasteiger partial charge in [0, 0.05) is 23.5 Å². The lowest BCUT2D eigenvalue weighted by Gasteiger charge is -2.21. The first-order valence-corrected chi connectivity index (χ1v) is 8.90. The molecule has 3 N–H and O–H groups in total. The molecule has 0 heterocycles. The van der Waals surface area contributed by atoms with Crippen LogP contribution >= 0.6 is 27.5 Å². The van der Waals surface area contributed by atoms with Crippen LogP contribution in [0.25, 0.3) is 0 Å². The molecule has 9 heteroatoms. The van der Waals surface area contributed by atoms with Gasteiger partial charge in [-0.05, 0) is 47.0 Å². The number of hydrogen-bond acceptors (Lipinski definition) is 4. The molecule has 1 fully saturated rings. The Kier molecular flexibility index (Phi) is 5.13. The quantitative estimate of drug-likeness (QED) is 0.334. The fourth-order valence-electron chi connectivity index (χ4n) is 1.91. The third-order valence-corrected chi connectivity index (χ3v) is 6.33. The average molecular weight is 397 g/mol. The van der Waals surface area contributed by atoms with Gasteiger partial charge < -0.3 is 10.9 Å². The predicted molar refractivity (Wildman–Crippen MR) is 84.1 cm³/mol. The SMILES string of the molecule is N/C(CCN(C1CC1)S(=O)(=O)c1ccc(Cl)c(Br)c1)=N/O. The molecule has 1 aromatic rings. The Morgan fingerprint density at radius 3 is 2.71 bits per heavy atom. The summed E-state index contributed by atoms with van der Waals surface area (Å²) in [5, 5.41) is 11.9. The third-order valence-electron chi connectivity index (χ3n) is 3.17. The normalized spacial score (nSPS) is 16.4. The van der Waals surface area contributed by atoms with Crippen molar-refractivity contribution in [2.24, 2.45) is 10.9 Å². The van der Waals surface area contributed by atoms with Gasteiger partial charge in [0.2, 0.25) is 10.0 Å². The van der Waals surface area contributed by atoms with Crippen LogP contribution in [0.15, 0.2) is 32.7 Å². The Morgan fingerprint density at radius 2 is 2.19 bits per heavy atom. The maximum atomic E-state index is 12.7. The minimum atomic E-state index is -3.63. The molecule has 0 radical (unpaired) electrons. The second-order valence-electron chi connectivity index (χ2n) is 4.76. The van der Waals surface area contributed by atoms with E-state index in [9.17, 15) is 8.42 Å². The van der Waals surface area contributed by atoms with E-state index in [0.29, 0.717) is 9.50 Å². The van der Waals surface area contributed by atoms with Gasteiger partial charge in [0.05, 0.1) is 9.92 Å². The lowest BCUT2D eigenvalue weighted by Crippen LogP contribution is -2.35. The van der Waals surface area contributed by atoms with E-state index in [1.165, 1.54) is 22.5 Å². The smallest absolute Gasteiger partial charge is 0.243 e. The molecule has 1 aliphatic carbocycles. The van der Waals surface area contributed by atoms with Crippen molar-refractivity contribution in [1.29, 1.82) is 0 Å². The largest absolute Gasteiger partial charge is 0.409 e.